The Morgan fingerprint density at radius 3 is 1.82 bits per heavy atom. The predicted molar refractivity (Wildman–Crippen MR) is 38.3 cm³/mol. The van der Waals surface area contributed by atoms with E-state index in [0.717, 1.165) is 25.7 Å². The summed E-state index contributed by atoms with van der Waals surface area (Å²) in [6, 6.07) is 0. The molecule has 11 heavy (non-hydrogen) atoms. The molecule has 0 aliphatic rings. The Labute approximate surface area is 118 Å². The van der Waals surface area contributed by atoms with Crippen LogP contribution in [-0.4, -0.2) is 5.97 Å². The van der Waals surface area contributed by atoms with Crippen LogP contribution in [0.3, 0.4) is 0 Å². The number of carboxylic acids is 1. The van der Waals surface area contributed by atoms with Crippen molar-refractivity contribution in [2.75, 3.05) is 0 Å². The maximum Gasteiger partial charge on any atom is 1.00 e. The van der Waals surface area contributed by atoms with E-state index in [1.165, 1.54) is 0 Å². The van der Waals surface area contributed by atoms with Crippen LogP contribution in [0.5, 0.6) is 0 Å². The molecular weight excluding hydrogens is 214 g/mol. The van der Waals surface area contributed by atoms with Gasteiger partial charge in [0.1, 0.15) is 0 Å². The van der Waals surface area contributed by atoms with Gasteiger partial charge in [0.2, 0.25) is 0 Å². The predicted octanol–water partition coefficient (Wildman–Crippen LogP) is -2.04. The van der Waals surface area contributed by atoms with E-state index in [1.54, 1.807) is 0 Å². The zero-order valence-corrected chi connectivity index (χ0v) is 12.6. The van der Waals surface area contributed by atoms with Gasteiger partial charge < -0.3 is 9.90 Å². The van der Waals surface area contributed by atoms with E-state index in [1.807, 2.05) is 13.8 Å². The molecule has 0 heterocycles. The maximum absolute atomic E-state index is 10.4. The molecule has 0 rings (SSSR count). The smallest absolute Gasteiger partial charge is 0.550 e. The third kappa shape index (κ3) is 7.63. The fraction of sp³-hybridized carbons (Fsp3) is 0.875. The second kappa shape index (κ2) is 9.36. The van der Waals surface area contributed by atoms with Gasteiger partial charge in [0.15, 0.2) is 0 Å². The maximum atomic E-state index is 10.4. The van der Waals surface area contributed by atoms with Crippen LogP contribution in [0.1, 0.15) is 39.5 Å². The number of carbonyl (C=O) groups excluding carboxylic acids is 1. The van der Waals surface area contributed by atoms with Crippen LogP contribution in [0.2, 0.25) is 0 Å². The molecule has 0 bridgehead atoms. The van der Waals surface area contributed by atoms with Gasteiger partial charge in [-0.1, -0.05) is 26.7 Å². The fourth-order valence-electron chi connectivity index (χ4n) is 1.08. The molecule has 0 unspecified atom stereocenters. The summed E-state index contributed by atoms with van der Waals surface area (Å²) < 4.78 is 0. The first kappa shape index (κ1) is 14.8. The molecule has 2 nitrogen and oxygen atoms in total. The summed E-state index contributed by atoms with van der Waals surface area (Å²) in [7, 11) is 0. The first-order valence-corrected chi connectivity index (χ1v) is 3.93. The minimum Gasteiger partial charge on any atom is -0.550 e. The van der Waals surface area contributed by atoms with E-state index in [0.29, 0.717) is 0 Å². The van der Waals surface area contributed by atoms with Crippen molar-refractivity contribution in [2.24, 2.45) is 5.92 Å². The summed E-state index contributed by atoms with van der Waals surface area (Å²) >= 11 is 0. The third-order valence-corrected chi connectivity index (χ3v) is 1.61. The van der Waals surface area contributed by atoms with Crippen molar-refractivity contribution >= 4 is 5.97 Å². The number of aliphatic carboxylic acids is 1. The summed E-state index contributed by atoms with van der Waals surface area (Å²) in [6.07, 6.45) is 3.38. The van der Waals surface area contributed by atoms with Crippen molar-refractivity contribution in [1.29, 1.82) is 0 Å². The van der Waals surface area contributed by atoms with Crippen LogP contribution >= 0.6 is 0 Å². The number of hydrogen-bond donors (Lipinski definition) is 0. The topological polar surface area (TPSA) is 40.1 Å². The second-order valence-corrected chi connectivity index (χ2v) is 2.59. The summed E-state index contributed by atoms with van der Waals surface area (Å²) in [5.74, 6) is -1.10. The molecule has 0 atom stereocenters. The molecule has 0 aromatic carbocycles. The molecule has 60 valence electrons. The second-order valence-electron chi connectivity index (χ2n) is 2.59. The van der Waals surface area contributed by atoms with Crippen molar-refractivity contribution in [3.05, 3.63) is 0 Å². The Bertz CT molecular complexity index is 98.3. The van der Waals surface area contributed by atoms with E-state index in [2.05, 4.69) is 0 Å². The average molecular weight is 229 g/mol. The molecule has 0 saturated carbocycles. The zero-order valence-electron chi connectivity index (χ0n) is 7.72. The van der Waals surface area contributed by atoms with Gasteiger partial charge in [-0.15, -0.1) is 0 Å². The van der Waals surface area contributed by atoms with Gasteiger partial charge in [0, 0.05) is 5.97 Å². The largest absolute Gasteiger partial charge is 1.00 e. The zero-order chi connectivity index (χ0) is 7.98. The summed E-state index contributed by atoms with van der Waals surface area (Å²) in [4.78, 5) is 10.4. The van der Waals surface area contributed by atoms with Crippen molar-refractivity contribution in [1.82, 2.24) is 0 Å². The van der Waals surface area contributed by atoms with Gasteiger partial charge in [0.25, 0.3) is 0 Å². The first-order chi connectivity index (χ1) is 4.72. The Hall–Kier alpha value is 1.28. The Morgan fingerprint density at radius 1 is 1.27 bits per heavy atom. The quantitative estimate of drug-likeness (QED) is 0.544. The van der Waals surface area contributed by atoms with Gasteiger partial charge in [-0.2, -0.15) is 0 Å². The van der Waals surface area contributed by atoms with Gasteiger partial charge in [-0.25, -0.2) is 0 Å². The number of carbonyl (C=O) groups is 1. The first-order valence-electron chi connectivity index (χ1n) is 3.93. The van der Waals surface area contributed by atoms with Crippen LogP contribution in [0.4, 0.5) is 0 Å². The average Bonchev–Trinajstić information content (AvgIpc) is 1.87. The van der Waals surface area contributed by atoms with E-state index in [9.17, 15) is 9.90 Å². The van der Waals surface area contributed by atoms with Gasteiger partial charge >= 0.3 is 58.2 Å². The van der Waals surface area contributed by atoms with Crippen LogP contribution in [0, 0.1) is 5.92 Å². The molecule has 3 heteroatoms. The van der Waals surface area contributed by atoms with Gasteiger partial charge in [-0.3, -0.25) is 0 Å². The number of rotatable bonds is 5. The van der Waals surface area contributed by atoms with Crippen LogP contribution in [0.15, 0.2) is 0 Å². The molecule has 0 N–H and O–H groups in total. The number of hydrogen-bond acceptors (Lipinski definition) is 2. The SMILES string of the molecule is CCCC(CCC)C(=O)[O-].[Rb+]. The van der Waals surface area contributed by atoms with Gasteiger partial charge in [0.05, 0.1) is 0 Å². The van der Waals surface area contributed by atoms with E-state index >= 15 is 0 Å². The Morgan fingerprint density at radius 2 is 1.64 bits per heavy atom. The minimum atomic E-state index is -0.885. The molecule has 0 aromatic rings. The van der Waals surface area contributed by atoms with Crippen LogP contribution in [0.25, 0.3) is 0 Å². The van der Waals surface area contributed by atoms with E-state index in [-0.39, 0.29) is 64.1 Å². The summed E-state index contributed by atoms with van der Waals surface area (Å²) in [6.45, 7) is 3.98. The monoisotopic (exact) mass is 228 g/mol. The Balaban J connectivity index is 0. The van der Waals surface area contributed by atoms with Crippen LogP contribution < -0.4 is 63.3 Å². The summed E-state index contributed by atoms with van der Waals surface area (Å²) in [5.41, 5.74) is 0. The Kier molecular flexibility index (Phi) is 12.6. The molecule has 0 spiro atoms. The molecular formula is C8H15O2Rb. The van der Waals surface area contributed by atoms with Crippen molar-refractivity contribution < 1.29 is 68.1 Å². The van der Waals surface area contributed by atoms with Crippen molar-refractivity contribution in [3.8, 4) is 0 Å². The van der Waals surface area contributed by atoms with Crippen LogP contribution in [-0.2, 0) is 4.79 Å². The number of carboxylic acid groups (broad SMARTS) is 1. The molecule has 0 aromatic heterocycles. The van der Waals surface area contributed by atoms with Gasteiger partial charge in [-0.05, 0) is 18.8 Å². The van der Waals surface area contributed by atoms with Crippen molar-refractivity contribution in [2.45, 2.75) is 39.5 Å². The fourth-order valence-corrected chi connectivity index (χ4v) is 1.08. The molecule has 0 fully saturated rings. The molecule has 0 aliphatic carbocycles. The van der Waals surface area contributed by atoms with Crippen molar-refractivity contribution in [3.63, 3.8) is 0 Å². The summed E-state index contributed by atoms with van der Waals surface area (Å²) in [5, 5.41) is 10.4. The standard InChI is InChI=1S/C8H16O2.Rb/c1-3-5-7(6-4-2)8(9)10;/h7H,3-6H2,1-2H3,(H,9,10);/q;+1/p-1. The third-order valence-electron chi connectivity index (χ3n) is 1.61. The normalized spacial score (nSPS) is 9.36. The van der Waals surface area contributed by atoms with E-state index < -0.39 is 5.97 Å². The molecule has 0 amide bonds. The molecule has 0 aliphatic heterocycles. The molecule has 0 radical (unpaired) electrons. The minimum absolute atomic E-state index is 0. The van der Waals surface area contributed by atoms with E-state index in [4.69, 9.17) is 0 Å². The molecule has 0 saturated heterocycles.